The summed E-state index contributed by atoms with van der Waals surface area (Å²) in [6, 6.07) is 4.59. The van der Waals surface area contributed by atoms with E-state index in [-0.39, 0.29) is 11.4 Å². The van der Waals surface area contributed by atoms with Gasteiger partial charge in [0.05, 0.1) is 11.5 Å². The standard InChI is InChI=1S/C12H19N3O3/c1-9(2)8-18-6-5-14-10-3-4-12(15(16)17)11(13)7-10/h3-4,7,9,14H,5-6,8,13H2,1-2H3. The van der Waals surface area contributed by atoms with Crippen LogP contribution in [0.2, 0.25) is 0 Å². The Kier molecular flexibility index (Phi) is 5.38. The number of rotatable bonds is 7. The summed E-state index contributed by atoms with van der Waals surface area (Å²) in [4.78, 5) is 10.1. The van der Waals surface area contributed by atoms with Gasteiger partial charge in [0.15, 0.2) is 0 Å². The van der Waals surface area contributed by atoms with Crippen LogP contribution in [0.25, 0.3) is 0 Å². The normalized spacial score (nSPS) is 10.6. The van der Waals surface area contributed by atoms with E-state index in [0.29, 0.717) is 19.1 Å². The van der Waals surface area contributed by atoms with Crippen LogP contribution in [0, 0.1) is 16.0 Å². The molecule has 0 radical (unpaired) electrons. The minimum absolute atomic E-state index is 0.0726. The summed E-state index contributed by atoms with van der Waals surface area (Å²) in [7, 11) is 0. The molecule has 0 aromatic heterocycles. The van der Waals surface area contributed by atoms with Crippen LogP contribution in [0.1, 0.15) is 13.8 Å². The van der Waals surface area contributed by atoms with Crippen LogP contribution in [0.3, 0.4) is 0 Å². The first-order chi connectivity index (χ1) is 8.50. The fraction of sp³-hybridized carbons (Fsp3) is 0.500. The average Bonchev–Trinajstić information content (AvgIpc) is 2.27. The molecule has 6 nitrogen and oxygen atoms in total. The van der Waals surface area contributed by atoms with Gasteiger partial charge < -0.3 is 15.8 Å². The van der Waals surface area contributed by atoms with Crippen molar-refractivity contribution in [2.24, 2.45) is 5.92 Å². The summed E-state index contributed by atoms with van der Waals surface area (Å²) in [5.74, 6) is 0.514. The van der Waals surface area contributed by atoms with E-state index in [9.17, 15) is 10.1 Å². The van der Waals surface area contributed by atoms with Gasteiger partial charge in [0.25, 0.3) is 5.69 Å². The van der Waals surface area contributed by atoms with Crippen LogP contribution in [-0.4, -0.2) is 24.7 Å². The van der Waals surface area contributed by atoms with Crippen LogP contribution >= 0.6 is 0 Å². The van der Waals surface area contributed by atoms with E-state index in [2.05, 4.69) is 19.2 Å². The van der Waals surface area contributed by atoms with Gasteiger partial charge >= 0.3 is 0 Å². The summed E-state index contributed by atoms with van der Waals surface area (Å²) in [6.07, 6.45) is 0. The number of nitro groups is 1. The zero-order chi connectivity index (χ0) is 13.5. The van der Waals surface area contributed by atoms with Gasteiger partial charge in [0.2, 0.25) is 0 Å². The molecule has 0 spiro atoms. The monoisotopic (exact) mass is 253 g/mol. The van der Waals surface area contributed by atoms with E-state index < -0.39 is 4.92 Å². The predicted molar refractivity (Wildman–Crippen MR) is 71.7 cm³/mol. The number of nitrogens with two attached hydrogens (primary N) is 1. The lowest BCUT2D eigenvalue weighted by Gasteiger charge is -2.09. The number of hydrogen-bond donors (Lipinski definition) is 2. The van der Waals surface area contributed by atoms with E-state index in [4.69, 9.17) is 10.5 Å². The second-order valence-corrected chi connectivity index (χ2v) is 4.43. The van der Waals surface area contributed by atoms with E-state index >= 15 is 0 Å². The van der Waals surface area contributed by atoms with Crippen molar-refractivity contribution < 1.29 is 9.66 Å². The highest BCUT2D eigenvalue weighted by Crippen LogP contribution is 2.24. The average molecular weight is 253 g/mol. The van der Waals surface area contributed by atoms with Gasteiger partial charge in [-0.15, -0.1) is 0 Å². The Morgan fingerprint density at radius 3 is 2.78 bits per heavy atom. The molecule has 1 aromatic carbocycles. The maximum Gasteiger partial charge on any atom is 0.292 e. The van der Waals surface area contributed by atoms with Gasteiger partial charge in [-0.3, -0.25) is 10.1 Å². The van der Waals surface area contributed by atoms with Gasteiger partial charge in [0.1, 0.15) is 5.69 Å². The van der Waals surface area contributed by atoms with Crippen LogP contribution in [0.15, 0.2) is 18.2 Å². The molecule has 1 aromatic rings. The lowest BCUT2D eigenvalue weighted by Crippen LogP contribution is -2.12. The summed E-state index contributed by atoms with van der Waals surface area (Å²) < 4.78 is 5.41. The zero-order valence-corrected chi connectivity index (χ0v) is 10.7. The van der Waals surface area contributed by atoms with E-state index in [0.717, 1.165) is 12.3 Å². The molecule has 0 amide bonds. The molecule has 0 fully saturated rings. The van der Waals surface area contributed by atoms with Crippen molar-refractivity contribution in [1.29, 1.82) is 0 Å². The number of nitrogens with one attached hydrogen (secondary N) is 1. The smallest absolute Gasteiger partial charge is 0.292 e. The van der Waals surface area contributed by atoms with E-state index in [1.807, 2.05) is 0 Å². The van der Waals surface area contributed by atoms with Crippen LogP contribution < -0.4 is 11.1 Å². The van der Waals surface area contributed by atoms with Crippen LogP contribution in [-0.2, 0) is 4.74 Å². The quantitative estimate of drug-likeness (QED) is 0.336. The first-order valence-electron chi connectivity index (χ1n) is 5.86. The molecule has 0 saturated heterocycles. The Labute approximate surface area is 106 Å². The van der Waals surface area contributed by atoms with Crippen molar-refractivity contribution in [3.8, 4) is 0 Å². The maximum atomic E-state index is 10.6. The molecule has 0 saturated carbocycles. The van der Waals surface area contributed by atoms with E-state index in [1.165, 1.54) is 6.07 Å². The highest BCUT2D eigenvalue weighted by atomic mass is 16.6. The number of nitro benzene ring substituents is 1. The Bertz CT molecular complexity index is 408. The highest BCUT2D eigenvalue weighted by molar-refractivity contribution is 5.65. The van der Waals surface area contributed by atoms with Crippen molar-refractivity contribution in [3.05, 3.63) is 28.3 Å². The topological polar surface area (TPSA) is 90.4 Å². The summed E-state index contributed by atoms with van der Waals surface area (Å²) >= 11 is 0. The first kappa shape index (κ1) is 14.2. The molecule has 0 aliphatic rings. The minimum atomic E-state index is -0.495. The van der Waals surface area contributed by atoms with Gasteiger partial charge in [-0.1, -0.05) is 13.8 Å². The van der Waals surface area contributed by atoms with Crippen molar-refractivity contribution in [1.82, 2.24) is 0 Å². The minimum Gasteiger partial charge on any atom is -0.393 e. The SMILES string of the molecule is CC(C)COCCNc1ccc([N+](=O)[O-])c(N)c1. The Balaban J connectivity index is 2.39. The molecule has 18 heavy (non-hydrogen) atoms. The number of anilines is 2. The summed E-state index contributed by atoms with van der Waals surface area (Å²) in [6.45, 7) is 6.14. The Morgan fingerprint density at radius 1 is 1.50 bits per heavy atom. The molecular formula is C12H19N3O3. The first-order valence-corrected chi connectivity index (χ1v) is 5.86. The second kappa shape index (κ2) is 6.80. The summed E-state index contributed by atoms with van der Waals surface area (Å²) in [5, 5.41) is 13.7. The lowest BCUT2D eigenvalue weighted by atomic mass is 10.2. The molecule has 1 rings (SSSR count). The molecule has 0 bridgehead atoms. The van der Waals surface area contributed by atoms with Crippen molar-refractivity contribution in [2.45, 2.75) is 13.8 Å². The van der Waals surface area contributed by atoms with Crippen molar-refractivity contribution >= 4 is 17.1 Å². The fourth-order valence-corrected chi connectivity index (χ4v) is 1.42. The number of ether oxygens (including phenoxy) is 1. The van der Waals surface area contributed by atoms with Crippen molar-refractivity contribution in [2.75, 3.05) is 30.8 Å². The summed E-state index contributed by atoms with van der Waals surface area (Å²) in [5.41, 5.74) is 6.42. The largest absolute Gasteiger partial charge is 0.393 e. The van der Waals surface area contributed by atoms with Gasteiger partial charge in [-0.25, -0.2) is 0 Å². The van der Waals surface area contributed by atoms with E-state index in [1.54, 1.807) is 12.1 Å². The van der Waals surface area contributed by atoms with Crippen molar-refractivity contribution in [3.63, 3.8) is 0 Å². The molecule has 3 N–H and O–H groups in total. The lowest BCUT2D eigenvalue weighted by molar-refractivity contribution is -0.383. The molecule has 0 heterocycles. The third-order valence-corrected chi connectivity index (χ3v) is 2.25. The molecule has 0 aliphatic heterocycles. The predicted octanol–water partition coefficient (Wildman–Crippen LogP) is 2.26. The molecular weight excluding hydrogens is 234 g/mol. The molecule has 100 valence electrons. The maximum absolute atomic E-state index is 10.6. The highest BCUT2D eigenvalue weighted by Gasteiger charge is 2.10. The number of hydrogen-bond acceptors (Lipinski definition) is 5. The third kappa shape index (κ3) is 4.58. The number of nitrogens with zero attached hydrogens (tertiary/aromatic N) is 1. The zero-order valence-electron chi connectivity index (χ0n) is 10.7. The molecule has 0 unspecified atom stereocenters. The second-order valence-electron chi connectivity index (χ2n) is 4.43. The fourth-order valence-electron chi connectivity index (χ4n) is 1.42. The van der Waals surface area contributed by atoms with Gasteiger partial charge in [-0.05, 0) is 18.1 Å². The number of nitrogen functional groups attached to an aromatic ring is 1. The molecule has 0 aliphatic carbocycles. The molecule has 0 atom stereocenters. The van der Waals surface area contributed by atoms with Gasteiger partial charge in [-0.2, -0.15) is 0 Å². The Morgan fingerprint density at radius 2 is 2.22 bits per heavy atom. The molecule has 6 heteroatoms. The van der Waals surface area contributed by atoms with Crippen LogP contribution in [0.4, 0.5) is 17.1 Å². The Hall–Kier alpha value is -1.82. The third-order valence-electron chi connectivity index (χ3n) is 2.25. The number of benzene rings is 1. The van der Waals surface area contributed by atoms with Crippen LogP contribution in [0.5, 0.6) is 0 Å². The van der Waals surface area contributed by atoms with Gasteiger partial charge in [0, 0.05) is 24.9 Å².